The molecule has 0 amide bonds. The molecule has 2 rings (SSSR count). The maximum Gasteiger partial charge on any atom is 0.328 e. The van der Waals surface area contributed by atoms with Crippen LogP contribution >= 0.6 is 0 Å². The summed E-state index contributed by atoms with van der Waals surface area (Å²) in [6.07, 6.45) is 3.27. The highest BCUT2D eigenvalue weighted by Crippen LogP contribution is 2.21. The first-order chi connectivity index (χ1) is 8.08. The van der Waals surface area contributed by atoms with Crippen LogP contribution in [0.25, 0.3) is 6.08 Å². The molecule has 1 aromatic rings. The Hall–Kier alpha value is -2.23. The molecule has 0 spiro atoms. The fraction of sp³-hybridized carbons (Fsp3) is 0.154. The smallest absolute Gasteiger partial charge is 0.328 e. The van der Waals surface area contributed by atoms with E-state index in [0.29, 0.717) is 17.5 Å². The van der Waals surface area contributed by atoms with Crippen molar-refractivity contribution in [2.75, 3.05) is 0 Å². The molecule has 1 aromatic carbocycles. The van der Waals surface area contributed by atoms with Crippen LogP contribution < -0.4 is 0 Å². The lowest BCUT2D eigenvalue weighted by molar-refractivity contribution is -0.131. The molecule has 0 aromatic heterocycles. The molecule has 86 valence electrons. The Morgan fingerprint density at radius 2 is 2.00 bits per heavy atom. The van der Waals surface area contributed by atoms with E-state index in [0.717, 1.165) is 11.6 Å². The van der Waals surface area contributed by atoms with E-state index in [-0.39, 0.29) is 12.2 Å². The van der Waals surface area contributed by atoms with Crippen molar-refractivity contribution in [3.63, 3.8) is 0 Å². The van der Waals surface area contributed by atoms with Crippen LogP contribution in [0.15, 0.2) is 24.3 Å². The van der Waals surface area contributed by atoms with Gasteiger partial charge >= 0.3 is 5.97 Å². The molecule has 0 saturated carbocycles. The van der Waals surface area contributed by atoms with Gasteiger partial charge in [-0.1, -0.05) is 18.2 Å². The summed E-state index contributed by atoms with van der Waals surface area (Å²) in [5.41, 5.74) is 1.96. The highest BCUT2D eigenvalue weighted by molar-refractivity contribution is 6.44. The molecule has 1 aliphatic rings. The molecule has 0 fully saturated rings. The molecule has 0 unspecified atom stereocenters. The number of fused-ring (bicyclic) bond motifs is 1. The standard InChI is InChI=1S/C13H10O4/c14-11-5-3-9-7-8(2-6-12(15)16)1-4-10(9)13(11)17/h1-2,4,6-7H,3,5H2,(H,15,16)/b6-2+. The van der Waals surface area contributed by atoms with Gasteiger partial charge in [-0.25, -0.2) is 4.79 Å². The molecular weight excluding hydrogens is 220 g/mol. The number of carbonyl (C=O) groups is 3. The zero-order valence-electron chi connectivity index (χ0n) is 8.97. The van der Waals surface area contributed by atoms with Crippen LogP contribution in [-0.2, 0) is 16.0 Å². The van der Waals surface area contributed by atoms with Crippen LogP contribution in [0.3, 0.4) is 0 Å². The van der Waals surface area contributed by atoms with Crippen molar-refractivity contribution >= 4 is 23.6 Å². The van der Waals surface area contributed by atoms with Crippen LogP contribution in [0.4, 0.5) is 0 Å². The fourth-order valence-corrected chi connectivity index (χ4v) is 1.83. The molecule has 1 N–H and O–H groups in total. The molecule has 0 atom stereocenters. The minimum absolute atomic E-state index is 0.234. The lowest BCUT2D eigenvalue weighted by Crippen LogP contribution is -2.22. The summed E-state index contributed by atoms with van der Waals surface area (Å²) in [6.45, 7) is 0. The highest BCUT2D eigenvalue weighted by Gasteiger charge is 2.24. The number of ketones is 2. The number of hydrogen-bond donors (Lipinski definition) is 1. The van der Waals surface area contributed by atoms with Crippen LogP contribution in [0, 0.1) is 0 Å². The summed E-state index contributed by atoms with van der Waals surface area (Å²) in [4.78, 5) is 33.1. The average Bonchev–Trinajstić information content (AvgIpc) is 2.31. The van der Waals surface area contributed by atoms with Gasteiger partial charge in [0, 0.05) is 18.1 Å². The summed E-state index contributed by atoms with van der Waals surface area (Å²) in [7, 11) is 0. The summed E-state index contributed by atoms with van der Waals surface area (Å²) in [6, 6.07) is 4.96. The van der Waals surface area contributed by atoms with E-state index in [1.165, 1.54) is 6.08 Å². The molecule has 4 heteroatoms. The van der Waals surface area contributed by atoms with Crippen LogP contribution in [-0.4, -0.2) is 22.6 Å². The minimum Gasteiger partial charge on any atom is -0.478 e. The van der Waals surface area contributed by atoms with Gasteiger partial charge in [0.1, 0.15) is 0 Å². The second-order valence-electron chi connectivity index (χ2n) is 3.84. The van der Waals surface area contributed by atoms with E-state index >= 15 is 0 Å². The van der Waals surface area contributed by atoms with Gasteiger partial charge in [-0.05, 0) is 23.6 Å². The van der Waals surface area contributed by atoms with Gasteiger partial charge in [0.15, 0.2) is 0 Å². The van der Waals surface area contributed by atoms with E-state index in [4.69, 9.17) is 5.11 Å². The molecular formula is C13H10O4. The number of rotatable bonds is 2. The first-order valence-corrected chi connectivity index (χ1v) is 5.19. The molecule has 1 aliphatic carbocycles. The average molecular weight is 230 g/mol. The number of carboxylic acid groups (broad SMARTS) is 1. The third kappa shape index (κ3) is 2.30. The molecule has 17 heavy (non-hydrogen) atoms. The second-order valence-corrected chi connectivity index (χ2v) is 3.84. The molecule has 0 radical (unpaired) electrons. The van der Waals surface area contributed by atoms with Crippen molar-refractivity contribution in [3.8, 4) is 0 Å². The van der Waals surface area contributed by atoms with Crippen molar-refractivity contribution in [3.05, 3.63) is 41.0 Å². The van der Waals surface area contributed by atoms with Crippen LogP contribution in [0.5, 0.6) is 0 Å². The first kappa shape index (κ1) is 11.3. The van der Waals surface area contributed by atoms with Crippen molar-refractivity contribution in [2.24, 2.45) is 0 Å². The maximum atomic E-state index is 11.5. The predicted octanol–water partition coefficient (Wildman–Crippen LogP) is 1.48. The molecule has 4 nitrogen and oxygen atoms in total. The van der Waals surface area contributed by atoms with E-state index in [1.54, 1.807) is 18.2 Å². The lowest BCUT2D eigenvalue weighted by atomic mass is 9.88. The number of hydrogen-bond acceptors (Lipinski definition) is 3. The van der Waals surface area contributed by atoms with Crippen LogP contribution in [0.1, 0.15) is 27.9 Å². The van der Waals surface area contributed by atoms with E-state index in [1.807, 2.05) is 0 Å². The van der Waals surface area contributed by atoms with Gasteiger partial charge in [0.25, 0.3) is 0 Å². The normalized spacial score (nSPS) is 15.1. The third-order valence-electron chi connectivity index (χ3n) is 2.67. The summed E-state index contributed by atoms with van der Waals surface area (Å²) >= 11 is 0. The number of Topliss-reactive ketones (excluding diaryl/α,β-unsaturated/α-hetero) is 2. The van der Waals surface area contributed by atoms with Crippen molar-refractivity contribution in [1.29, 1.82) is 0 Å². The Labute approximate surface area is 97.6 Å². The first-order valence-electron chi connectivity index (χ1n) is 5.19. The van der Waals surface area contributed by atoms with Gasteiger partial charge in [0.2, 0.25) is 11.6 Å². The Bertz CT molecular complexity index is 540. The van der Waals surface area contributed by atoms with E-state index in [9.17, 15) is 14.4 Å². The number of carboxylic acids is 1. The van der Waals surface area contributed by atoms with E-state index in [2.05, 4.69) is 0 Å². The van der Waals surface area contributed by atoms with Crippen LogP contribution in [0.2, 0.25) is 0 Å². The molecule has 0 bridgehead atoms. The second kappa shape index (κ2) is 4.33. The van der Waals surface area contributed by atoms with Gasteiger partial charge in [0.05, 0.1) is 0 Å². The molecule has 0 aliphatic heterocycles. The van der Waals surface area contributed by atoms with Crippen molar-refractivity contribution in [1.82, 2.24) is 0 Å². The minimum atomic E-state index is -1.02. The molecule has 0 saturated heterocycles. The predicted molar refractivity (Wildman–Crippen MR) is 60.8 cm³/mol. The fourth-order valence-electron chi connectivity index (χ4n) is 1.83. The van der Waals surface area contributed by atoms with E-state index < -0.39 is 11.8 Å². The summed E-state index contributed by atoms with van der Waals surface area (Å²) in [5.74, 6) is -1.82. The Morgan fingerprint density at radius 3 is 2.71 bits per heavy atom. The zero-order valence-corrected chi connectivity index (χ0v) is 8.97. The highest BCUT2D eigenvalue weighted by atomic mass is 16.4. The van der Waals surface area contributed by atoms with Gasteiger partial charge in [-0.15, -0.1) is 0 Å². The third-order valence-corrected chi connectivity index (χ3v) is 2.67. The number of aryl methyl sites for hydroxylation is 1. The Balaban J connectivity index is 2.35. The maximum absolute atomic E-state index is 11.5. The summed E-state index contributed by atoms with van der Waals surface area (Å²) in [5, 5.41) is 8.50. The SMILES string of the molecule is O=C(O)/C=C/c1ccc2c(c1)CCC(=O)C2=O. The lowest BCUT2D eigenvalue weighted by Gasteiger charge is -2.13. The molecule has 0 heterocycles. The monoisotopic (exact) mass is 230 g/mol. The zero-order chi connectivity index (χ0) is 12.4. The summed E-state index contributed by atoms with van der Waals surface area (Å²) < 4.78 is 0. The van der Waals surface area contributed by atoms with Crippen molar-refractivity contribution in [2.45, 2.75) is 12.8 Å². The Morgan fingerprint density at radius 1 is 1.24 bits per heavy atom. The number of aliphatic carboxylic acids is 1. The topological polar surface area (TPSA) is 71.4 Å². The Kier molecular flexibility index (Phi) is 2.87. The largest absolute Gasteiger partial charge is 0.478 e. The van der Waals surface area contributed by atoms with Gasteiger partial charge in [-0.3, -0.25) is 9.59 Å². The van der Waals surface area contributed by atoms with Gasteiger partial charge < -0.3 is 5.11 Å². The number of benzene rings is 1. The van der Waals surface area contributed by atoms with Crippen molar-refractivity contribution < 1.29 is 19.5 Å². The number of carbonyl (C=O) groups excluding carboxylic acids is 2. The van der Waals surface area contributed by atoms with Gasteiger partial charge in [-0.2, -0.15) is 0 Å². The quantitative estimate of drug-likeness (QED) is 0.617.